The van der Waals surface area contributed by atoms with Gasteiger partial charge in [0.15, 0.2) is 17.8 Å². The van der Waals surface area contributed by atoms with E-state index in [1.54, 1.807) is 19.9 Å². The Morgan fingerprint density at radius 2 is 1.61 bits per heavy atom. The highest BCUT2D eigenvalue weighted by molar-refractivity contribution is 7.16. The number of rotatable bonds is 7. The fourth-order valence-electron chi connectivity index (χ4n) is 3.87. The van der Waals surface area contributed by atoms with Gasteiger partial charge in [-0.15, -0.1) is 0 Å². The fourth-order valence-corrected chi connectivity index (χ4v) is 4.63. The standard InChI is InChI=1S/C23H27NO11S/c1-9-10(2)19-17(36-23(29)35-19)7-15(9)33-22-18(24-11(3)25)21(32-14(6)28)20(31-13(5)27)16(34-22)8-30-12(4)26/h7,16,18,20-22H,8H2,1-6H3,(H,24,25)/t16-,18+,20+,21+,22+/m0/s1. The number of esters is 3. The molecule has 0 unspecified atom stereocenters. The van der Waals surface area contributed by atoms with Gasteiger partial charge in [0, 0.05) is 33.8 Å². The van der Waals surface area contributed by atoms with Gasteiger partial charge in [0.1, 0.15) is 24.5 Å². The second-order valence-corrected chi connectivity index (χ2v) is 9.22. The highest BCUT2D eigenvalue weighted by atomic mass is 32.1. The predicted molar refractivity (Wildman–Crippen MR) is 124 cm³/mol. The molecule has 12 nitrogen and oxygen atoms in total. The van der Waals surface area contributed by atoms with Crippen LogP contribution in [0.5, 0.6) is 5.75 Å². The molecule has 1 amide bonds. The monoisotopic (exact) mass is 525 g/mol. The van der Waals surface area contributed by atoms with Gasteiger partial charge in [-0.2, -0.15) is 0 Å². The van der Waals surface area contributed by atoms with Gasteiger partial charge < -0.3 is 33.4 Å². The average molecular weight is 526 g/mol. The number of benzene rings is 1. The molecule has 1 aliphatic rings. The number of carbonyl (C=O) groups excluding carboxylic acids is 4. The van der Waals surface area contributed by atoms with Crippen LogP contribution in [0.3, 0.4) is 0 Å². The normalized spacial score (nSPS) is 23.6. The highest BCUT2D eigenvalue weighted by Gasteiger charge is 2.52. The number of ether oxygens (including phenoxy) is 5. The van der Waals surface area contributed by atoms with E-state index >= 15 is 0 Å². The summed E-state index contributed by atoms with van der Waals surface area (Å²) < 4.78 is 33.9. The lowest BCUT2D eigenvalue weighted by atomic mass is 9.96. The van der Waals surface area contributed by atoms with Crippen molar-refractivity contribution in [2.75, 3.05) is 6.61 Å². The van der Waals surface area contributed by atoms with Crippen molar-refractivity contribution in [1.29, 1.82) is 0 Å². The van der Waals surface area contributed by atoms with E-state index in [1.165, 1.54) is 13.8 Å². The fraction of sp³-hybridized carbons (Fsp3) is 0.522. The van der Waals surface area contributed by atoms with Crippen LogP contribution in [0.1, 0.15) is 38.8 Å². The summed E-state index contributed by atoms with van der Waals surface area (Å²) >= 11 is 0.894. The predicted octanol–water partition coefficient (Wildman–Crippen LogP) is 1.51. The number of carbonyl (C=O) groups is 4. The Bertz CT molecular complexity index is 1230. The minimum Gasteiger partial charge on any atom is -0.463 e. The van der Waals surface area contributed by atoms with Gasteiger partial charge >= 0.3 is 22.8 Å². The number of aryl methyl sites for hydroxylation is 1. The SMILES string of the molecule is CC(=O)N[C@H]1[C@H](Oc2cc3sc(=O)oc3c(C)c2C)O[C@@H](COC(C)=O)[C@@H](OC(C)=O)[C@@H]1OC(C)=O. The molecule has 0 spiro atoms. The summed E-state index contributed by atoms with van der Waals surface area (Å²) in [6.07, 6.45) is -4.85. The van der Waals surface area contributed by atoms with Crippen molar-refractivity contribution in [3.63, 3.8) is 0 Å². The quantitative estimate of drug-likeness (QED) is 0.413. The van der Waals surface area contributed by atoms with E-state index in [2.05, 4.69) is 5.32 Å². The van der Waals surface area contributed by atoms with E-state index in [-0.39, 0.29) is 6.61 Å². The van der Waals surface area contributed by atoms with Gasteiger partial charge in [-0.1, -0.05) is 11.3 Å². The Morgan fingerprint density at radius 1 is 0.972 bits per heavy atom. The Morgan fingerprint density at radius 3 is 2.19 bits per heavy atom. The average Bonchev–Trinajstić information content (AvgIpc) is 3.13. The Hall–Kier alpha value is -3.45. The molecule has 0 aliphatic carbocycles. The lowest BCUT2D eigenvalue weighted by Gasteiger charge is -2.44. The topological polar surface area (TPSA) is 157 Å². The maximum Gasteiger partial charge on any atom is 0.396 e. The summed E-state index contributed by atoms with van der Waals surface area (Å²) in [6, 6.07) is 0.476. The summed E-state index contributed by atoms with van der Waals surface area (Å²) in [5, 5.41) is 2.64. The van der Waals surface area contributed by atoms with Crippen molar-refractivity contribution in [1.82, 2.24) is 5.32 Å². The number of nitrogens with one attached hydrogen (secondary N) is 1. The van der Waals surface area contributed by atoms with E-state index in [1.807, 2.05) is 0 Å². The third kappa shape index (κ3) is 6.21. The molecule has 1 N–H and O–H groups in total. The summed E-state index contributed by atoms with van der Waals surface area (Å²) in [5.74, 6) is -2.21. The summed E-state index contributed by atoms with van der Waals surface area (Å²) in [5.41, 5.74) is 1.73. The van der Waals surface area contributed by atoms with Crippen LogP contribution in [-0.4, -0.2) is 61.1 Å². The minimum absolute atomic E-state index is 0.316. The van der Waals surface area contributed by atoms with Crippen LogP contribution < -0.4 is 15.0 Å². The smallest absolute Gasteiger partial charge is 0.396 e. The van der Waals surface area contributed by atoms with Crippen molar-refractivity contribution >= 4 is 45.4 Å². The Labute approximate surface area is 209 Å². The zero-order valence-electron chi connectivity index (χ0n) is 20.6. The van der Waals surface area contributed by atoms with Gasteiger partial charge in [0.05, 0.1) is 4.70 Å². The first-order valence-electron chi connectivity index (χ1n) is 11.0. The summed E-state index contributed by atoms with van der Waals surface area (Å²) in [7, 11) is 0. The molecule has 1 fully saturated rings. The van der Waals surface area contributed by atoms with Crippen molar-refractivity contribution in [2.24, 2.45) is 0 Å². The number of fused-ring (bicyclic) bond motifs is 1. The lowest BCUT2D eigenvalue weighted by Crippen LogP contribution is -2.67. The van der Waals surface area contributed by atoms with Crippen molar-refractivity contribution in [3.8, 4) is 5.75 Å². The van der Waals surface area contributed by atoms with Crippen LogP contribution in [0.2, 0.25) is 0 Å². The van der Waals surface area contributed by atoms with Crippen LogP contribution in [0.25, 0.3) is 10.3 Å². The minimum atomic E-state index is -1.27. The second kappa shape index (κ2) is 11.1. The molecule has 13 heteroatoms. The molecule has 5 atom stereocenters. The third-order valence-corrected chi connectivity index (χ3v) is 6.22. The molecular formula is C23H27NO11S. The van der Waals surface area contributed by atoms with Gasteiger partial charge in [0.25, 0.3) is 0 Å². The molecule has 1 aromatic carbocycles. The number of hydrogen-bond acceptors (Lipinski definition) is 12. The molecule has 3 rings (SSSR count). The third-order valence-electron chi connectivity index (χ3n) is 5.45. The highest BCUT2D eigenvalue weighted by Crippen LogP contribution is 2.35. The van der Waals surface area contributed by atoms with Crippen LogP contribution in [0, 0.1) is 13.8 Å². The Kier molecular flexibility index (Phi) is 8.35. The molecule has 0 bridgehead atoms. The van der Waals surface area contributed by atoms with Gasteiger partial charge in [-0.25, -0.2) is 4.79 Å². The molecule has 1 aromatic heterocycles. The first-order chi connectivity index (χ1) is 16.9. The van der Waals surface area contributed by atoms with Crippen molar-refractivity contribution < 1.29 is 47.3 Å². The van der Waals surface area contributed by atoms with Gasteiger partial charge in [-0.3, -0.25) is 19.2 Å². The van der Waals surface area contributed by atoms with E-state index < -0.39 is 59.4 Å². The van der Waals surface area contributed by atoms with E-state index in [0.717, 1.165) is 25.2 Å². The molecule has 1 saturated heterocycles. The first-order valence-corrected chi connectivity index (χ1v) is 11.8. The molecule has 0 saturated carbocycles. The first kappa shape index (κ1) is 27.1. The number of amides is 1. The molecule has 2 aromatic rings. The molecule has 196 valence electrons. The second-order valence-electron chi connectivity index (χ2n) is 8.24. The molecular weight excluding hydrogens is 498 g/mol. The molecule has 0 radical (unpaired) electrons. The number of hydrogen-bond donors (Lipinski definition) is 1. The van der Waals surface area contributed by atoms with Crippen LogP contribution in [0.4, 0.5) is 0 Å². The largest absolute Gasteiger partial charge is 0.463 e. The van der Waals surface area contributed by atoms with Crippen LogP contribution >= 0.6 is 11.3 Å². The van der Waals surface area contributed by atoms with E-state index in [0.29, 0.717) is 27.2 Å². The maximum atomic E-state index is 12.1. The van der Waals surface area contributed by atoms with E-state index in [4.69, 9.17) is 28.1 Å². The summed E-state index contributed by atoms with van der Waals surface area (Å²) in [6.45, 7) is 7.91. The van der Waals surface area contributed by atoms with Crippen LogP contribution in [0.15, 0.2) is 15.3 Å². The van der Waals surface area contributed by atoms with Gasteiger partial charge in [0.2, 0.25) is 12.2 Å². The Balaban J connectivity index is 2.07. The zero-order valence-corrected chi connectivity index (χ0v) is 21.4. The van der Waals surface area contributed by atoms with E-state index in [9.17, 15) is 24.0 Å². The molecule has 1 aliphatic heterocycles. The molecule has 36 heavy (non-hydrogen) atoms. The van der Waals surface area contributed by atoms with Crippen molar-refractivity contribution in [2.45, 2.75) is 72.2 Å². The van der Waals surface area contributed by atoms with Gasteiger partial charge in [-0.05, 0) is 25.0 Å². The maximum absolute atomic E-state index is 12.1. The lowest BCUT2D eigenvalue weighted by molar-refractivity contribution is -0.257. The van der Waals surface area contributed by atoms with Crippen molar-refractivity contribution in [3.05, 3.63) is 26.9 Å². The molecule has 2 heterocycles. The summed E-state index contributed by atoms with van der Waals surface area (Å²) in [4.78, 5) is 58.7. The van der Waals surface area contributed by atoms with Crippen LogP contribution in [-0.2, 0) is 38.1 Å². The zero-order chi connectivity index (χ0) is 26.7.